The molecule has 3 aromatic rings. The van der Waals surface area contributed by atoms with Crippen LogP contribution in [-0.2, 0) is 17.9 Å². The maximum absolute atomic E-state index is 12.2. The molecule has 0 aliphatic carbocycles. The second kappa shape index (κ2) is 9.53. The first-order chi connectivity index (χ1) is 13.2. The third-order valence-electron chi connectivity index (χ3n) is 3.81. The summed E-state index contributed by atoms with van der Waals surface area (Å²) in [5.41, 5.74) is 1.93. The maximum atomic E-state index is 12.2. The molecule has 3 rings (SSSR count). The molecule has 0 unspecified atom stereocenters. The van der Waals surface area contributed by atoms with Crippen LogP contribution in [-0.4, -0.2) is 31.4 Å². The van der Waals surface area contributed by atoms with Crippen molar-refractivity contribution in [3.05, 3.63) is 59.4 Å². The lowest BCUT2D eigenvalue weighted by Crippen LogP contribution is -2.24. The molecule has 0 fully saturated rings. The van der Waals surface area contributed by atoms with Crippen molar-refractivity contribution in [2.75, 3.05) is 5.75 Å². The van der Waals surface area contributed by atoms with Gasteiger partial charge in [0.05, 0.1) is 5.75 Å². The molecular formula is C19H20ClN5OS. The van der Waals surface area contributed by atoms with E-state index in [1.54, 1.807) is 12.4 Å². The van der Waals surface area contributed by atoms with Gasteiger partial charge in [-0.15, -0.1) is 10.2 Å². The number of carbonyl (C=O) groups is 1. The van der Waals surface area contributed by atoms with Crippen molar-refractivity contribution in [3.8, 4) is 11.4 Å². The van der Waals surface area contributed by atoms with E-state index in [-0.39, 0.29) is 11.7 Å². The second-order valence-electron chi connectivity index (χ2n) is 5.89. The summed E-state index contributed by atoms with van der Waals surface area (Å²) in [6, 6.07) is 11.3. The number of hydrogen-bond acceptors (Lipinski definition) is 5. The summed E-state index contributed by atoms with van der Waals surface area (Å²) in [5.74, 6) is 1.01. The molecule has 1 N–H and O–H groups in total. The Bertz CT molecular complexity index is 900. The van der Waals surface area contributed by atoms with Gasteiger partial charge in [-0.05, 0) is 36.2 Å². The Hall–Kier alpha value is -2.38. The monoisotopic (exact) mass is 401 g/mol. The van der Waals surface area contributed by atoms with Gasteiger partial charge in [-0.25, -0.2) is 0 Å². The van der Waals surface area contributed by atoms with E-state index in [4.69, 9.17) is 11.6 Å². The van der Waals surface area contributed by atoms with Gasteiger partial charge in [-0.3, -0.25) is 9.78 Å². The number of pyridine rings is 1. The number of thioether (sulfide) groups is 1. The van der Waals surface area contributed by atoms with Crippen LogP contribution in [0.2, 0.25) is 5.02 Å². The predicted octanol–water partition coefficient (Wildman–Crippen LogP) is 3.81. The summed E-state index contributed by atoms with van der Waals surface area (Å²) >= 11 is 7.35. The van der Waals surface area contributed by atoms with Crippen LogP contribution < -0.4 is 5.32 Å². The lowest BCUT2D eigenvalue weighted by molar-refractivity contribution is -0.118. The number of hydrogen-bond donors (Lipinski definition) is 1. The molecule has 0 aliphatic rings. The minimum atomic E-state index is -0.0588. The number of nitrogens with one attached hydrogen (secondary N) is 1. The molecule has 0 saturated heterocycles. The molecule has 6 nitrogen and oxygen atoms in total. The highest BCUT2D eigenvalue weighted by Crippen LogP contribution is 2.24. The molecule has 140 valence electrons. The molecule has 27 heavy (non-hydrogen) atoms. The van der Waals surface area contributed by atoms with E-state index in [0.717, 1.165) is 35.1 Å². The Balaban J connectivity index is 1.62. The van der Waals surface area contributed by atoms with E-state index in [0.29, 0.717) is 11.6 Å². The molecule has 2 aromatic heterocycles. The SMILES string of the molecule is CCCn1c(SCC(=O)NCc2cccc(Cl)c2)nnc1-c1ccncc1. The molecule has 1 aromatic carbocycles. The first-order valence-corrected chi connectivity index (χ1v) is 10.0. The number of halogens is 1. The first kappa shape index (κ1) is 19.4. The summed E-state index contributed by atoms with van der Waals surface area (Å²) in [6.45, 7) is 3.34. The second-order valence-corrected chi connectivity index (χ2v) is 7.27. The smallest absolute Gasteiger partial charge is 0.230 e. The summed E-state index contributed by atoms with van der Waals surface area (Å²) in [4.78, 5) is 16.2. The highest BCUT2D eigenvalue weighted by atomic mass is 35.5. The third-order valence-corrected chi connectivity index (χ3v) is 5.02. The van der Waals surface area contributed by atoms with Gasteiger partial charge in [0, 0.05) is 36.1 Å². The Morgan fingerprint density at radius 2 is 2.04 bits per heavy atom. The molecule has 8 heteroatoms. The lowest BCUT2D eigenvalue weighted by atomic mass is 10.2. The normalized spacial score (nSPS) is 10.7. The largest absolute Gasteiger partial charge is 0.351 e. The van der Waals surface area contributed by atoms with Crippen LogP contribution in [0.25, 0.3) is 11.4 Å². The molecule has 0 aliphatic heterocycles. The summed E-state index contributed by atoms with van der Waals surface area (Å²) in [6.07, 6.45) is 4.41. The van der Waals surface area contributed by atoms with Gasteiger partial charge in [-0.2, -0.15) is 0 Å². The van der Waals surface area contributed by atoms with Gasteiger partial charge >= 0.3 is 0 Å². The summed E-state index contributed by atoms with van der Waals surface area (Å²) in [5, 5.41) is 12.9. The number of benzene rings is 1. The van der Waals surface area contributed by atoms with Crippen LogP contribution >= 0.6 is 23.4 Å². The molecule has 0 spiro atoms. The van der Waals surface area contributed by atoms with E-state index in [1.807, 2.05) is 41.0 Å². The Labute approximate surface area is 167 Å². The number of nitrogens with zero attached hydrogens (tertiary/aromatic N) is 4. The van der Waals surface area contributed by atoms with Crippen molar-refractivity contribution in [3.63, 3.8) is 0 Å². The van der Waals surface area contributed by atoms with Gasteiger partial charge < -0.3 is 9.88 Å². The van der Waals surface area contributed by atoms with E-state index >= 15 is 0 Å². The molecule has 0 saturated carbocycles. The van der Waals surface area contributed by atoms with Crippen LogP contribution in [0.4, 0.5) is 0 Å². The summed E-state index contributed by atoms with van der Waals surface area (Å²) in [7, 11) is 0. The molecule has 0 radical (unpaired) electrons. The Morgan fingerprint density at radius 1 is 1.22 bits per heavy atom. The van der Waals surface area contributed by atoms with Gasteiger partial charge in [0.15, 0.2) is 11.0 Å². The molecule has 2 heterocycles. The third kappa shape index (κ3) is 5.30. The lowest BCUT2D eigenvalue weighted by Gasteiger charge is -2.09. The van der Waals surface area contributed by atoms with Crippen molar-refractivity contribution in [2.24, 2.45) is 0 Å². The fourth-order valence-corrected chi connectivity index (χ4v) is 3.57. The van der Waals surface area contributed by atoms with Gasteiger partial charge in [-0.1, -0.05) is 42.4 Å². The van der Waals surface area contributed by atoms with Crippen molar-refractivity contribution in [2.45, 2.75) is 31.6 Å². The van der Waals surface area contributed by atoms with E-state index in [2.05, 4.69) is 27.4 Å². The highest BCUT2D eigenvalue weighted by molar-refractivity contribution is 7.99. The van der Waals surface area contributed by atoms with Crippen molar-refractivity contribution in [1.82, 2.24) is 25.1 Å². The molecule has 1 amide bonds. The number of carbonyl (C=O) groups excluding carboxylic acids is 1. The van der Waals surface area contributed by atoms with E-state index < -0.39 is 0 Å². The zero-order valence-electron chi connectivity index (χ0n) is 14.9. The van der Waals surface area contributed by atoms with Gasteiger partial charge in [0.1, 0.15) is 0 Å². The number of rotatable bonds is 8. The van der Waals surface area contributed by atoms with Crippen LogP contribution in [0.1, 0.15) is 18.9 Å². The first-order valence-electron chi connectivity index (χ1n) is 8.65. The van der Waals surface area contributed by atoms with Crippen LogP contribution in [0.15, 0.2) is 53.9 Å². The van der Waals surface area contributed by atoms with E-state index in [9.17, 15) is 4.79 Å². The zero-order chi connectivity index (χ0) is 19.1. The van der Waals surface area contributed by atoms with E-state index in [1.165, 1.54) is 11.8 Å². The number of amides is 1. The topological polar surface area (TPSA) is 72.7 Å². The number of aromatic nitrogens is 4. The van der Waals surface area contributed by atoms with Crippen molar-refractivity contribution < 1.29 is 4.79 Å². The van der Waals surface area contributed by atoms with Crippen LogP contribution in [0.3, 0.4) is 0 Å². The van der Waals surface area contributed by atoms with Gasteiger partial charge in [0.2, 0.25) is 5.91 Å². The molecule has 0 atom stereocenters. The highest BCUT2D eigenvalue weighted by Gasteiger charge is 2.15. The van der Waals surface area contributed by atoms with Crippen LogP contribution in [0, 0.1) is 0 Å². The van der Waals surface area contributed by atoms with Crippen molar-refractivity contribution in [1.29, 1.82) is 0 Å². The van der Waals surface area contributed by atoms with Crippen LogP contribution in [0.5, 0.6) is 0 Å². The fourth-order valence-electron chi connectivity index (χ4n) is 2.56. The minimum absolute atomic E-state index is 0.0588. The standard InChI is InChI=1S/C19H20ClN5OS/c1-2-10-25-18(15-6-8-21-9-7-15)23-24-19(25)27-13-17(26)22-12-14-4-3-5-16(20)11-14/h3-9,11H,2,10,12-13H2,1H3,(H,22,26). The fraction of sp³-hybridized carbons (Fsp3) is 0.263. The zero-order valence-corrected chi connectivity index (χ0v) is 16.5. The van der Waals surface area contributed by atoms with Crippen molar-refractivity contribution >= 4 is 29.3 Å². The molecular weight excluding hydrogens is 382 g/mol. The summed E-state index contributed by atoms with van der Waals surface area (Å²) < 4.78 is 2.05. The predicted molar refractivity (Wildman–Crippen MR) is 108 cm³/mol. The maximum Gasteiger partial charge on any atom is 0.230 e. The average Bonchev–Trinajstić information content (AvgIpc) is 3.08. The molecule has 0 bridgehead atoms. The Kier molecular flexibility index (Phi) is 6.84. The Morgan fingerprint density at radius 3 is 2.78 bits per heavy atom. The quantitative estimate of drug-likeness (QED) is 0.581. The minimum Gasteiger partial charge on any atom is -0.351 e. The van der Waals surface area contributed by atoms with Gasteiger partial charge in [0.25, 0.3) is 0 Å². The average molecular weight is 402 g/mol.